The number of para-hydroxylation sites is 1. The van der Waals surface area contributed by atoms with Crippen LogP contribution in [-0.4, -0.2) is 29.7 Å². The van der Waals surface area contributed by atoms with E-state index < -0.39 is 15.9 Å². The van der Waals surface area contributed by atoms with E-state index >= 15 is 0 Å². The molecule has 19 heavy (non-hydrogen) atoms. The van der Waals surface area contributed by atoms with E-state index in [1.807, 2.05) is 0 Å². The first kappa shape index (κ1) is 12.0. The maximum Gasteiger partial charge on any atom is 0.284 e. The summed E-state index contributed by atoms with van der Waals surface area (Å²) in [6, 6.07) is 9.99. The predicted octanol–water partition coefficient (Wildman–Crippen LogP) is 1.64. The third-order valence-electron chi connectivity index (χ3n) is 3.17. The number of amides is 1. The van der Waals surface area contributed by atoms with Gasteiger partial charge in [0.1, 0.15) is 10.6 Å². The number of benzene rings is 1. The van der Waals surface area contributed by atoms with E-state index in [0.717, 1.165) is 4.31 Å². The summed E-state index contributed by atoms with van der Waals surface area (Å²) in [5.41, 5.74) is 0.863. The maximum absolute atomic E-state index is 12.5. The Hall–Kier alpha value is -2.08. The number of hydrogen-bond donors (Lipinski definition) is 0. The fourth-order valence-corrected chi connectivity index (χ4v) is 3.88. The van der Waals surface area contributed by atoms with E-state index in [9.17, 15) is 13.2 Å². The molecule has 1 aliphatic rings. The summed E-state index contributed by atoms with van der Waals surface area (Å²) in [5, 5.41) is 0. The first-order chi connectivity index (χ1) is 9.07. The molecule has 1 aromatic carbocycles. The van der Waals surface area contributed by atoms with E-state index in [0.29, 0.717) is 11.4 Å². The minimum Gasteiger partial charge on any atom is -0.311 e. The molecular formula is C13H12N2O3S. The van der Waals surface area contributed by atoms with Gasteiger partial charge in [-0.05, 0) is 31.2 Å². The molecular weight excluding hydrogens is 264 g/mol. The van der Waals surface area contributed by atoms with E-state index in [2.05, 4.69) is 0 Å². The fraction of sp³-hybridized carbons (Fsp3) is 0.154. The van der Waals surface area contributed by atoms with Crippen molar-refractivity contribution in [2.45, 2.75) is 11.8 Å². The van der Waals surface area contributed by atoms with Crippen LogP contribution in [0.25, 0.3) is 5.69 Å². The fourth-order valence-electron chi connectivity index (χ4n) is 2.31. The zero-order chi connectivity index (χ0) is 13.6. The molecule has 2 heterocycles. The van der Waals surface area contributed by atoms with Crippen molar-refractivity contribution >= 4 is 15.9 Å². The average Bonchev–Trinajstić information content (AvgIpc) is 2.85. The van der Waals surface area contributed by atoms with E-state index in [-0.39, 0.29) is 11.4 Å². The highest BCUT2D eigenvalue weighted by atomic mass is 32.2. The van der Waals surface area contributed by atoms with Crippen molar-refractivity contribution in [1.82, 2.24) is 8.87 Å². The van der Waals surface area contributed by atoms with Crippen LogP contribution in [0.5, 0.6) is 0 Å². The summed E-state index contributed by atoms with van der Waals surface area (Å²) in [6.07, 6.45) is 1.70. The number of fused-ring (bicyclic) bond motifs is 3. The molecule has 0 unspecified atom stereocenters. The largest absolute Gasteiger partial charge is 0.311 e. The van der Waals surface area contributed by atoms with Crippen LogP contribution < -0.4 is 0 Å². The summed E-state index contributed by atoms with van der Waals surface area (Å²) < 4.78 is 27.6. The topological polar surface area (TPSA) is 59.4 Å². The summed E-state index contributed by atoms with van der Waals surface area (Å²) >= 11 is 0. The molecule has 0 fully saturated rings. The molecule has 0 atom stereocenters. The molecule has 0 bridgehead atoms. The SMILES string of the molecule is CCN1C(=O)c2cccn2-c2ccccc2S1(=O)=O. The lowest BCUT2D eigenvalue weighted by Gasteiger charge is -2.18. The van der Waals surface area contributed by atoms with Gasteiger partial charge >= 0.3 is 0 Å². The number of carbonyl (C=O) groups excluding carboxylic acids is 1. The van der Waals surface area contributed by atoms with Crippen molar-refractivity contribution in [3.8, 4) is 5.69 Å². The number of sulfonamides is 1. The van der Waals surface area contributed by atoms with Crippen LogP contribution >= 0.6 is 0 Å². The average molecular weight is 276 g/mol. The van der Waals surface area contributed by atoms with E-state index in [1.54, 1.807) is 48.0 Å². The van der Waals surface area contributed by atoms with E-state index in [4.69, 9.17) is 0 Å². The Balaban J connectivity index is 2.44. The Kier molecular flexibility index (Phi) is 2.50. The molecule has 98 valence electrons. The summed E-state index contributed by atoms with van der Waals surface area (Å²) in [5.74, 6) is -0.497. The summed E-state index contributed by atoms with van der Waals surface area (Å²) in [6.45, 7) is 1.76. The minimum absolute atomic E-state index is 0.112. The van der Waals surface area contributed by atoms with Gasteiger partial charge in [-0.3, -0.25) is 4.79 Å². The first-order valence-corrected chi connectivity index (χ1v) is 7.35. The Morgan fingerprint density at radius 3 is 2.58 bits per heavy atom. The van der Waals surface area contributed by atoms with Crippen molar-refractivity contribution in [2.75, 3.05) is 6.54 Å². The second kappa shape index (κ2) is 3.96. The van der Waals surface area contributed by atoms with Crippen LogP contribution in [-0.2, 0) is 10.0 Å². The summed E-state index contributed by atoms with van der Waals surface area (Å²) in [7, 11) is -3.79. The lowest BCUT2D eigenvalue weighted by Crippen LogP contribution is -2.35. The third-order valence-corrected chi connectivity index (χ3v) is 5.08. The lowest BCUT2D eigenvalue weighted by molar-refractivity contribution is 0.0861. The smallest absolute Gasteiger partial charge is 0.284 e. The van der Waals surface area contributed by atoms with E-state index in [1.165, 1.54) is 6.07 Å². The monoisotopic (exact) mass is 276 g/mol. The second-order valence-electron chi connectivity index (χ2n) is 4.21. The number of carbonyl (C=O) groups is 1. The lowest BCUT2D eigenvalue weighted by atomic mass is 10.3. The number of rotatable bonds is 1. The Labute approximate surface area is 111 Å². The Morgan fingerprint density at radius 1 is 1.11 bits per heavy atom. The Bertz CT molecular complexity index is 762. The van der Waals surface area contributed by atoms with Gasteiger partial charge in [0.25, 0.3) is 15.9 Å². The molecule has 0 spiro atoms. The number of hydrogen-bond acceptors (Lipinski definition) is 3. The summed E-state index contributed by atoms with van der Waals surface area (Å²) in [4.78, 5) is 12.5. The van der Waals surface area contributed by atoms with Crippen molar-refractivity contribution in [2.24, 2.45) is 0 Å². The molecule has 5 nitrogen and oxygen atoms in total. The van der Waals surface area contributed by atoms with Gasteiger partial charge in [0.2, 0.25) is 0 Å². The standard InChI is InChI=1S/C13H12N2O3S/c1-2-15-13(16)11-7-5-9-14(11)10-6-3-4-8-12(10)19(15,17)18/h3-9H,2H2,1H3. The van der Waals surface area contributed by atoms with Crippen molar-refractivity contribution < 1.29 is 13.2 Å². The van der Waals surface area contributed by atoms with Crippen LogP contribution in [0.4, 0.5) is 0 Å². The van der Waals surface area contributed by atoms with Gasteiger partial charge in [-0.1, -0.05) is 12.1 Å². The molecule has 1 amide bonds. The highest BCUT2D eigenvalue weighted by Gasteiger charge is 2.35. The first-order valence-electron chi connectivity index (χ1n) is 5.91. The molecule has 0 saturated heterocycles. The second-order valence-corrected chi connectivity index (χ2v) is 6.04. The van der Waals surface area contributed by atoms with Gasteiger partial charge in [0.15, 0.2) is 0 Å². The highest BCUT2D eigenvalue weighted by Crippen LogP contribution is 2.29. The van der Waals surface area contributed by atoms with Crippen LogP contribution in [0, 0.1) is 0 Å². The van der Waals surface area contributed by atoms with Crippen LogP contribution in [0.3, 0.4) is 0 Å². The van der Waals surface area contributed by atoms with Gasteiger partial charge in [0.05, 0.1) is 5.69 Å². The zero-order valence-electron chi connectivity index (χ0n) is 10.3. The van der Waals surface area contributed by atoms with Crippen LogP contribution in [0.2, 0.25) is 0 Å². The third kappa shape index (κ3) is 1.53. The minimum atomic E-state index is -3.79. The molecule has 1 aliphatic heterocycles. The van der Waals surface area contributed by atoms with Crippen LogP contribution in [0.15, 0.2) is 47.5 Å². The van der Waals surface area contributed by atoms with Gasteiger partial charge in [-0.15, -0.1) is 0 Å². The highest BCUT2D eigenvalue weighted by molar-refractivity contribution is 7.89. The molecule has 0 aliphatic carbocycles. The van der Waals surface area contributed by atoms with Gasteiger partial charge in [-0.2, -0.15) is 0 Å². The molecule has 0 N–H and O–H groups in total. The predicted molar refractivity (Wildman–Crippen MR) is 69.7 cm³/mol. The molecule has 0 radical (unpaired) electrons. The quantitative estimate of drug-likeness (QED) is 0.795. The molecule has 3 rings (SSSR count). The van der Waals surface area contributed by atoms with Crippen molar-refractivity contribution in [3.05, 3.63) is 48.3 Å². The maximum atomic E-state index is 12.5. The molecule has 6 heteroatoms. The van der Waals surface area contributed by atoms with Crippen LogP contribution in [0.1, 0.15) is 17.4 Å². The Morgan fingerprint density at radius 2 is 1.84 bits per heavy atom. The van der Waals surface area contributed by atoms with Gasteiger partial charge < -0.3 is 4.57 Å². The van der Waals surface area contributed by atoms with Gasteiger partial charge in [-0.25, -0.2) is 12.7 Å². The molecule has 2 aromatic rings. The molecule has 0 saturated carbocycles. The number of aromatic nitrogens is 1. The number of nitrogens with zero attached hydrogens (tertiary/aromatic N) is 2. The van der Waals surface area contributed by atoms with Crippen molar-refractivity contribution in [1.29, 1.82) is 0 Å². The van der Waals surface area contributed by atoms with Crippen molar-refractivity contribution in [3.63, 3.8) is 0 Å². The zero-order valence-corrected chi connectivity index (χ0v) is 11.1. The van der Waals surface area contributed by atoms with Gasteiger partial charge in [0, 0.05) is 12.7 Å². The molecule has 1 aromatic heterocycles. The normalized spacial score (nSPS) is 16.7.